The first-order valence-electron chi connectivity index (χ1n) is 9.33. The van der Waals surface area contributed by atoms with E-state index in [4.69, 9.17) is 9.47 Å². The highest BCUT2D eigenvalue weighted by Gasteiger charge is 2.48. The Bertz CT molecular complexity index is 857. The molecule has 1 aromatic carbocycles. The van der Waals surface area contributed by atoms with E-state index in [2.05, 4.69) is 16.0 Å². The minimum absolute atomic E-state index is 0.142. The van der Waals surface area contributed by atoms with Crippen molar-refractivity contribution in [3.8, 4) is 11.5 Å². The van der Waals surface area contributed by atoms with Crippen LogP contribution in [0.1, 0.15) is 26.3 Å². The predicted octanol–water partition coefficient (Wildman–Crippen LogP) is -0.0909. The molecule has 10 heteroatoms. The molecule has 2 aliphatic rings. The Kier molecular flexibility index (Phi) is 5.62. The van der Waals surface area contributed by atoms with Gasteiger partial charge in [0.25, 0.3) is 5.91 Å². The smallest absolute Gasteiger partial charge is 0.325 e. The first-order chi connectivity index (χ1) is 13.7. The van der Waals surface area contributed by atoms with E-state index in [0.717, 1.165) is 10.5 Å². The number of hydrogen-bond acceptors (Lipinski definition) is 6. The van der Waals surface area contributed by atoms with Crippen LogP contribution in [-0.2, 0) is 20.8 Å². The Morgan fingerprint density at radius 3 is 2.72 bits per heavy atom. The second-order valence-corrected chi connectivity index (χ2v) is 7.20. The molecule has 0 spiro atoms. The van der Waals surface area contributed by atoms with E-state index in [1.807, 2.05) is 0 Å². The molecule has 2 atom stereocenters. The van der Waals surface area contributed by atoms with Gasteiger partial charge in [0.2, 0.25) is 18.6 Å². The van der Waals surface area contributed by atoms with E-state index in [0.29, 0.717) is 18.0 Å². The zero-order valence-electron chi connectivity index (χ0n) is 16.5. The van der Waals surface area contributed by atoms with Gasteiger partial charge in [-0.05, 0) is 38.5 Å². The second kappa shape index (κ2) is 7.98. The summed E-state index contributed by atoms with van der Waals surface area (Å²) in [4.78, 5) is 50.0. The number of hydrogen-bond donors (Lipinski definition) is 3. The van der Waals surface area contributed by atoms with Gasteiger partial charge in [-0.15, -0.1) is 0 Å². The number of amides is 5. The van der Waals surface area contributed by atoms with Gasteiger partial charge in [-0.1, -0.05) is 6.07 Å². The zero-order chi connectivity index (χ0) is 21.2. The van der Waals surface area contributed by atoms with Crippen LogP contribution in [0.4, 0.5) is 4.79 Å². The topological polar surface area (TPSA) is 126 Å². The average Bonchev–Trinajstić information content (AvgIpc) is 3.20. The maximum absolute atomic E-state index is 12.9. The van der Waals surface area contributed by atoms with Crippen LogP contribution in [0.3, 0.4) is 0 Å². The van der Waals surface area contributed by atoms with E-state index in [9.17, 15) is 19.2 Å². The summed E-state index contributed by atoms with van der Waals surface area (Å²) in [5, 5.41) is 7.72. The lowest BCUT2D eigenvalue weighted by Crippen LogP contribution is -2.49. The Hall–Kier alpha value is -3.30. The molecule has 0 radical (unpaired) electrons. The minimum Gasteiger partial charge on any atom is -0.454 e. The molecular weight excluding hydrogens is 380 g/mol. The summed E-state index contributed by atoms with van der Waals surface area (Å²) >= 11 is 0. The standard InChI is InChI=1S/C19H24N4O6/c1-4-20-16(25)11(2)21-15(24)9-23-17(26)19(3,22-18(23)27)8-12-5-6-13-14(7-12)29-10-28-13/h5-7,11H,4,8-10H2,1-3H3,(H,20,25)(H,21,24)(H,22,27)/t11-,19+/m0/s1. The van der Waals surface area contributed by atoms with Gasteiger partial charge in [0.1, 0.15) is 18.1 Å². The molecule has 0 bridgehead atoms. The third-order valence-corrected chi connectivity index (χ3v) is 4.76. The fourth-order valence-electron chi connectivity index (χ4n) is 3.29. The SMILES string of the molecule is CCNC(=O)[C@H](C)NC(=O)CN1C(=O)N[C@](C)(Cc2ccc3c(c2)OCO3)C1=O. The van der Waals surface area contributed by atoms with Crippen molar-refractivity contribution < 1.29 is 28.7 Å². The number of urea groups is 1. The molecule has 2 aliphatic heterocycles. The molecule has 3 N–H and O–H groups in total. The summed E-state index contributed by atoms with van der Waals surface area (Å²) in [6, 6.07) is 3.87. The van der Waals surface area contributed by atoms with E-state index in [1.54, 1.807) is 32.0 Å². The number of nitrogens with one attached hydrogen (secondary N) is 3. The average molecular weight is 404 g/mol. The number of likely N-dealkylation sites (N-methyl/N-ethyl adjacent to an activating group) is 1. The highest BCUT2D eigenvalue weighted by Crippen LogP contribution is 2.34. The van der Waals surface area contributed by atoms with Gasteiger partial charge >= 0.3 is 6.03 Å². The van der Waals surface area contributed by atoms with Crippen LogP contribution in [0.25, 0.3) is 0 Å². The van der Waals surface area contributed by atoms with E-state index in [-0.39, 0.29) is 19.1 Å². The Morgan fingerprint density at radius 2 is 2.00 bits per heavy atom. The van der Waals surface area contributed by atoms with Crippen molar-refractivity contribution in [1.29, 1.82) is 0 Å². The van der Waals surface area contributed by atoms with Gasteiger partial charge in [0.15, 0.2) is 11.5 Å². The van der Waals surface area contributed by atoms with Gasteiger partial charge in [-0.3, -0.25) is 19.3 Å². The van der Waals surface area contributed by atoms with Gasteiger partial charge in [0.05, 0.1) is 0 Å². The summed E-state index contributed by atoms with van der Waals surface area (Å²) in [5.74, 6) is -0.245. The number of rotatable bonds is 7. The minimum atomic E-state index is -1.20. The van der Waals surface area contributed by atoms with Crippen molar-refractivity contribution >= 4 is 23.8 Å². The van der Waals surface area contributed by atoms with Gasteiger partial charge in [-0.25, -0.2) is 4.79 Å². The van der Waals surface area contributed by atoms with Gasteiger partial charge < -0.3 is 25.4 Å². The number of fused-ring (bicyclic) bond motifs is 1. The third kappa shape index (κ3) is 4.25. The Labute approximate surface area is 167 Å². The molecule has 0 saturated carbocycles. The molecule has 0 unspecified atom stereocenters. The van der Waals surface area contributed by atoms with Crippen LogP contribution in [0.5, 0.6) is 11.5 Å². The molecule has 10 nitrogen and oxygen atoms in total. The van der Waals surface area contributed by atoms with E-state index < -0.39 is 36.0 Å². The van der Waals surface area contributed by atoms with Crippen molar-refractivity contribution in [2.24, 2.45) is 0 Å². The summed E-state index contributed by atoms with van der Waals surface area (Å²) in [6.45, 7) is 5.00. The van der Waals surface area contributed by atoms with E-state index >= 15 is 0 Å². The lowest BCUT2D eigenvalue weighted by Gasteiger charge is -2.22. The van der Waals surface area contributed by atoms with Crippen LogP contribution in [0, 0.1) is 0 Å². The van der Waals surface area contributed by atoms with Crippen molar-refractivity contribution in [1.82, 2.24) is 20.9 Å². The van der Waals surface area contributed by atoms with Crippen molar-refractivity contribution in [2.75, 3.05) is 19.9 Å². The molecule has 0 aliphatic carbocycles. The van der Waals surface area contributed by atoms with Crippen molar-refractivity contribution in [2.45, 2.75) is 38.8 Å². The monoisotopic (exact) mass is 404 g/mol. The fourth-order valence-corrected chi connectivity index (χ4v) is 3.29. The number of imide groups is 1. The second-order valence-electron chi connectivity index (χ2n) is 7.20. The normalized spacial score (nSPS) is 21.0. The summed E-state index contributed by atoms with van der Waals surface area (Å²) in [6.07, 6.45) is 0.224. The Morgan fingerprint density at radius 1 is 1.28 bits per heavy atom. The quantitative estimate of drug-likeness (QED) is 0.545. The molecule has 3 rings (SSSR count). The number of benzene rings is 1. The molecule has 1 aromatic rings. The van der Waals surface area contributed by atoms with Crippen LogP contribution < -0.4 is 25.4 Å². The number of nitrogens with zero attached hydrogens (tertiary/aromatic N) is 1. The van der Waals surface area contributed by atoms with Gasteiger partial charge in [-0.2, -0.15) is 0 Å². The van der Waals surface area contributed by atoms with Crippen LogP contribution in [0.15, 0.2) is 18.2 Å². The van der Waals surface area contributed by atoms with Crippen LogP contribution in [-0.4, -0.2) is 60.1 Å². The summed E-state index contributed by atoms with van der Waals surface area (Å²) < 4.78 is 10.6. The van der Waals surface area contributed by atoms with Crippen LogP contribution >= 0.6 is 0 Å². The first kappa shape index (κ1) is 20.4. The molecule has 0 aromatic heterocycles. The molecule has 156 valence electrons. The number of ether oxygens (including phenoxy) is 2. The molecule has 1 saturated heterocycles. The largest absolute Gasteiger partial charge is 0.454 e. The molecule has 2 heterocycles. The molecule has 1 fully saturated rings. The molecular formula is C19H24N4O6. The first-order valence-corrected chi connectivity index (χ1v) is 9.33. The van der Waals surface area contributed by atoms with Crippen LogP contribution in [0.2, 0.25) is 0 Å². The maximum Gasteiger partial charge on any atom is 0.325 e. The lowest BCUT2D eigenvalue weighted by atomic mass is 9.92. The summed E-state index contributed by atoms with van der Waals surface area (Å²) in [7, 11) is 0. The Balaban J connectivity index is 1.64. The predicted molar refractivity (Wildman–Crippen MR) is 101 cm³/mol. The molecule has 29 heavy (non-hydrogen) atoms. The third-order valence-electron chi connectivity index (χ3n) is 4.76. The zero-order valence-corrected chi connectivity index (χ0v) is 16.5. The fraction of sp³-hybridized carbons (Fsp3) is 0.474. The van der Waals surface area contributed by atoms with Crippen molar-refractivity contribution in [3.05, 3.63) is 23.8 Å². The maximum atomic E-state index is 12.9. The van der Waals surface area contributed by atoms with Gasteiger partial charge in [0, 0.05) is 13.0 Å². The highest BCUT2D eigenvalue weighted by atomic mass is 16.7. The van der Waals surface area contributed by atoms with Crippen molar-refractivity contribution in [3.63, 3.8) is 0 Å². The lowest BCUT2D eigenvalue weighted by molar-refractivity contribution is -0.135. The number of carbonyl (C=O) groups excluding carboxylic acids is 4. The summed E-state index contributed by atoms with van der Waals surface area (Å²) in [5.41, 5.74) is -0.419. The highest BCUT2D eigenvalue weighted by molar-refractivity contribution is 6.09. The molecule has 5 amide bonds. The van der Waals surface area contributed by atoms with E-state index in [1.165, 1.54) is 6.92 Å². The number of carbonyl (C=O) groups is 4.